The highest BCUT2D eigenvalue weighted by molar-refractivity contribution is 5.72. The molecule has 0 radical (unpaired) electrons. The fourth-order valence-electron chi connectivity index (χ4n) is 0.363. The van der Waals surface area contributed by atoms with Crippen LogP contribution < -0.4 is 11.2 Å². The molecule has 0 aliphatic carbocycles. The molecule has 0 saturated heterocycles. The predicted octanol–water partition coefficient (Wildman–Crippen LogP) is 0.521. The van der Waals surface area contributed by atoms with Crippen LogP contribution in [0.3, 0.4) is 0 Å². The number of hydrogen-bond acceptors (Lipinski definition) is 4. The van der Waals surface area contributed by atoms with Gasteiger partial charge in [0.15, 0.2) is 0 Å². The van der Waals surface area contributed by atoms with Gasteiger partial charge in [-0.25, -0.2) is 9.59 Å². The van der Waals surface area contributed by atoms with Crippen LogP contribution in [-0.2, 0) is 9.57 Å². The Balaban J connectivity index is 3.68. The van der Waals surface area contributed by atoms with Gasteiger partial charge in [-0.1, -0.05) is 0 Å². The Labute approximate surface area is 70.0 Å². The van der Waals surface area contributed by atoms with E-state index in [4.69, 9.17) is 0 Å². The van der Waals surface area contributed by atoms with E-state index in [0.29, 0.717) is 0 Å². The van der Waals surface area contributed by atoms with Crippen molar-refractivity contribution in [3.63, 3.8) is 0 Å². The minimum absolute atomic E-state index is 0.656. The third-order valence-electron chi connectivity index (χ3n) is 0.624. The first-order valence-electron chi connectivity index (χ1n) is 3.26. The van der Waals surface area contributed by atoms with Crippen molar-refractivity contribution in [3.05, 3.63) is 0 Å². The number of nitrogens with one attached hydrogen (secondary N) is 1. The second kappa shape index (κ2) is 3.80. The standard InChI is InChI=1S/C6H12N2O4/c1-6(2,3)11-5(10)12-8-4(7)9/h1-3H3,(H3,7,8,9). The average Bonchev–Trinajstić information content (AvgIpc) is 1.79. The number of nitrogens with two attached hydrogens (primary N) is 1. The van der Waals surface area contributed by atoms with Crippen molar-refractivity contribution in [2.75, 3.05) is 0 Å². The Kier molecular flexibility index (Phi) is 3.33. The summed E-state index contributed by atoms with van der Waals surface area (Å²) in [6.07, 6.45) is -0.999. The number of carbonyl (C=O) groups excluding carboxylic acids is 2. The van der Waals surface area contributed by atoms with Crippen LogP contribution in [0.25, 0.3) is 0 Å². The minimum Gasteiger partial charge on any atom is -0.427 e. The number of urea groups is 1. The summed E-state index contributed by atoms with van der Waals surface area (Å²) in [7, 11) is 0. The largest absolute Gasteiger partial charge is 0.533 e. The summed E-state index contributed by atoms with van der Waals surface area (Å²) < 4.78 is 4.66. The van der Waals surface area contributed by atoms with Gasteiger partial charge in [0.25, 0.3) is 0 Å². The van der Waals surface area contributed by atoms with Gasteiger partial charge in [0.2, 0.25) is 0 Å². The molecule has 0 aromatic heterocycles. The van der Waals surface area contributed by atoms with Crippen LogP contribution in [0.4, 0.5) is 9.59 Å². The molecular weight excluding hydrogens is 164 g/mol. The quantitative estimate of drug-likeness (QED) is 0.416. The molecule has 0 saturated carbocycles. The van der Waals surface area contributed by atoms with E-state index in [1.807, 2.05) is 0 Å². The molecule has 0 aliphatic heterocycles. The molecule has 0 heterocycles. The van der Waals surface area contributed by atoms with Gasteiger partial charge in [-0.3, -0.25) is 0 Å². The van der Waals surface area contributed by atoms with E-state index in [-0.39, 0.29) is 0 Å². The smallest absolute Gasteiger partial charge is 0.427 e. The number of amides is 2. The van der Waals surface area contributed by atoms with Crippen LogP contribution >= 0.6 is 0 Å². The van der Waals surface area contributed by atoms with Crippen molar-refractivity contribution in [1.82, 2.24) is 5.48 Å². The Bertz CT molecular complexity index is 184. The monoisotopic (exact) mass is 176 g/mol. The van der Waals surface area contributed by atoms with Crippen LogP contribution in [0.2, 0.25) is 0 Å². The Morgan fingerprint density at radius 3 is 2.17 bits per heavy atom. The topological polar surface area (TPSA) is 90.7 Å². The number of hydroxylamine groups is 1. The van der Waals surface area contributed by atoms with Gasteiger partial charge in [-0.05, 0) is 20.8 Å². The van der Waals surface area contributed by atoms with Crippen LogP contribution in [0.15, 0.2) is 0 Å². The first kappa shape index (κ1) is 10.5. The van der Waals surface area contributed by atoms with Crippen LogP contribution in [0.1, 0.15) is 20.8 Å². The summed E-state index contributed by atoms with van der Waals surface area (Å²) in [5, 5.41) is 0. The first-order valence-corrected chi connectivity index (χ1v) is 3.26. The highest BCUT2D eigenvalue weighted by Crippen LogP contribution is 2.07. The summed E-state index contributed by atoms with van der Waals surface area (Å²) in [5.41, 5.74) is 5.60. The van der Waals surface area contributed by atoms with E-state index in [2.05, 4.69) is 15.3 Å². The summed E-state index contributed by atoms with van der Waals surface area (Å²) in [6, 6.07) is -0.958. The highest BCUT2D eigenvalue weighted by Gasteiger charge is 2.17. The molecule has 0 spiro atoms. The number of ether oxygens (including phenoxy) is 1. The third-order valence-corrected chi connectivity index (χ3v) is 0.624. The summed E-state index contributed by atoms with van der Waals surface area (Å²) in [4.78, 5) is 24.8. The maximum Gasteiger partial charge on any atom is 0.533 e. The highest BCUT2D eigenvalue weighted by atomic mass is 16.8. The van der Waals surface area contributed by atoms with E-state index >= 15 is 0 Å². The van der Waals surface area contributed by atoms with E-state index in [1.165, 1.54) is 0 Å². The molecule has 3 N–H and O–H groups in total. The molecule has 0 atom stereocenters. The molecule has 0 unspecified atom stereocenters. The number of rotatable bonds is 0. The molecule has 6 nitrogen and oxygen atoms in total. The fraction of sp³-hybridized carbons (Fsp3) is 0.667. The molecule has 6 heteroatoms. The van der Waals surface area contributed by atoms with Crippen molar-refractivity contribution in [2.45, 2.75) is 26.4 Å². The zero-order chi connectivity index (χ0) is 9.78. The number of carbonyl (C=O) groups is 2. The molecule has 0 aromatic rings. The lowest BCUT2D eigenvalue weighted by Gasteiger charge is -2.17. The van der Waals surface area contributed by atoms with Crippen molar-refractivity contribution in [3.8, 4) is 0 Å². The fourth-order valence-corrected chi connectivity index (χ4v) is 0.363. The zero-order valence-corrected chi connectivity index (χ0v) is 7.21. The summed E-state index contributed by atoms with van der Waals surface area (Å²) in [6.45, 7) is 5.00. The van der Waals surface area contributed by atoms with Gasteiger partial charge in [0.05, 0.1) is 0 Å². The van der Waals surface area contributed by atoms with Crippen molar-refractivity contribution < 1.29 is 19.2 Å². The summed E-state index contributed by atoms with van der Waals surface area (Å²) >= 11 is 0. The van der Waals surface area contributed by atoms with Gasteiger partial charge in [0.1, 0.15) is 5.60 Å². The lowest BCUT2D eigenvalue weighted by molar-refractivity contribution is -0.0236. The van der Waals surface area contributed by atoms with E-state index in [9.17, 15) is 9.59 Å². The predicted molar refractivity (Wildman–Crippen MR) is 40.0 cm³/mol. The Hall–Kier alpha value is -1.46. The molecule has 12 heavy (non-hydrogen) atoms. The zero-order valence-electron chi connectivity index (χ0n) is 7.21. The Morgan fingerprint density at radius 2 is 1.83 bits per heavy atom. The summed E-state index contributed by atoms with van der Waals surface area (Å²) in [5.74, 6) is 0. The van der Waals surface area contributed by atoms with Crippen LogP contribution in [-0.4, -0.2) is 17.8 Å². The van der Waals surface area contributed by atoms with E-state index in [0.717, 1.165) is 0 Å². The van der Waals surface area contributed by atoms with E-state index in [1.54, 1.807) is 26.3 Å². The lowest BCUT2D eigenvalue weighted by Crippen LogP contribution is -2.34. The van der Waals surface area contributed by atoms with Gasteiger partial charge >= 0.3 is 12.2 Å². The number of hydrogen-bond donors (Lipinski definition) is 2. The number of primary amides is 1. The van der Waals surface area contributed by atoms with Crippen molar-refractivity contribution in [2.24, 2.45) is 5.73 Å². The molecular formula is C6H12N2O4. The molecule has 2 amide bonds. The van der Waals surface area contributed by atoms with Gasteiger partial charge in [0, 0.05) is 0 Å². The molecule has 0 fully saturated rings. The third kappa shape index (κ3) is 6.66. The van der Waals surface area contributed by atoms with Gasteiger partial charge < -0.3 is 15.3 Å². The average molecular weight is 176 g/mol. The first-order chi connectivity index (χ1) is 5.31. The van der Waals surface area contributed by atoms with Crippen LogP contribution in [0, 0.1) is 0 Å². The molecule has 0 rings (SSSR count). The maximum atomic E-state index is 10.6. The van der Waals surface area contributed by atoms with E-state index < -0.39 is 17.8 Å². The lowest BCUT2D eigenvalue weighted by atomic mass is 10.2. The normalized spacial score (nSPS) is 10.2. The Morgan fingerprint density at radius 1 is 1.33 bits per heavy atom. The molecule has 0 aliphatic rings. The second-order valence-corrected chi connectivity index (χ2v) is 3.03. The maximum absolute atomic E-state index is 10.6. The second-order valence-electron chi connectivity index (χ2n) is 3.03. The molecule has 70 valence electrons. The van der Waals surface area contributed by atoms with Gasteiger partial charge in [-0.15, -0.1) is 0 Å². The molecule has 0 aromatic carbocycles. The van der Waals surface area contributed by atoms with Crippen molar-refractivity contribution in [1.29, 1.82) is 0 Å². The SMILES string of the molecule is CC(C)(C)OC(=O)ONC(N)=O. The molecule has 0 bridgehead atoms. The minimum atomic E-state index is -0.999. The van der Waals surface area contributed by atoms with Gasteiger partial charge in [-0.2, -0.15) is 5.48 Å². The van der Waals surface area contributed by atoms with Crippen molar-refractivity contribution >= 4 is 12.2 Å². The van der Waals surface area contributed by atoms with Crippen LogP contribution in [0.5, 0.6) is 0 Å².